The van der Waals surface area contributed by atoms with Crippen LogP contribution in [0.1, 0.15) is 15.6 Å². The molecule has 1 atom stereocenters. The second kappa shape index (κ2) is 3.01. The van der Waals surface area contributed by atoms with Crippen molar-refractivity contribution < 1.29 is 12.6 Å². The Labute approximate surface area is 63.4 Å². The lowest BCUT2D eigenvalue weighted by Crippen LogP contribution is -2.33. The summed E-state index contributed by atoms with van der Waals surface area (Å²) in [5, 5.41) is 8.67. The zero-order valence-corrected chi connectivity index (χ0v) is 6.00. The van der Waals surface area contributed by atoms with Crippen LogP contribution in [-0.2, 0) is 4.79 Å². The molecule has 1 aliphatic rings. The predicted octanol–water partition coefficient (Wildman–Crippen LogP) is 0.413. The first-order chi connectivity index (χ1) is 5.43. The molecule has 3 heteroatoms. The largest absolute Gasteiger partial charge is 0.481 e. The van der Waals surface area contributed by atoms with Crippen molar-refractivity contribution in [3.63, 3.8) is 0 Å². The minimum atomic E-state index is -1.46. The molecule has 0 spiro atoms. The Hall–Kier alpha value is -0.570. The van der Waals surface area contributed by atoms with E-state index in [0.717, 1.165) is 0 Å². The molecule has 1 heterocycles. The molecule has 1 rings (SSSR count). The number of likely N-dealkylation sites (tertiary alicyclic amines) is 1. The van der Waals surface area contributed by atoms with Crippen molar-refractivity contribution >= 4 is 5.97 Å². The van der Waals surface area contributed by atoms with E-state index in [1.807, 2.05) is 0 Å². The monoisotopic (exact) mass is 145 g/mol. The van der Waals surface area contributed by atoms with Crippen LogP contribution < -0.4 is 0 Å². The van der Waals surface area contributed by atoms with Gasteiger partial charge in [0.1, 0.15) is 0 Å². The highest BCUT2D eigenvalue weighted by molar-refractivity contribution is 5.70. The molecule has 3 nitrogen and oxygen atoms in total. The summed E-state index contributed by atoms with van der Waals surface area (Å²) in [6, 6.07) is 0. The number of aliphatic carboxylic acids is 1. The molecular weight excluding hydrogens is 130 g/mol. The first kappa shape index (κ1) is 5.13. The summed E-state index contributed by atoms with van der Waals surface area (Å²) in [5.74, 6) is -1.40. The Morgan fingerprint density at radius 2 is 2.50 bits per heavy atom. The Bertz CT molecular complexity index is 196. The van der Waals surface area contributed by atoms with E-state index in [9.17, 15) is 4.79 Å². The van der Waals surface area contributed by atoms with E-state index in [1.54, 1.807) is 11.9 Å². The molecule has 0 bridgehead atoms. The third-order valence-electron chi connectivity index (χ3n) is 1.77. The first-order valence-corrected chi connectivity index (χ1v) is 3.37. The second-order valence-corrected chi connectivity index (χ2v) is 2.61. The maximum atomic E-state index is 10.6. The highest BCUT2D eigenvalue weighted by Gasteiger charge is 2.21. The van der Waals surface area contributed by atoms with Crippen LogP contribution in [0, 0.1) is 5.92 Å². The standard InChI is InChI=1S/C7H13NO2/c1-8-4-2-6(3-5-8)7(9)10/h6H,2-5H2,1H3,(H,9,10)/i4D2. The summed E-state index contributed by atoms with van der Waals surface area (Å²) < 4.78 is 15.0. The van der Waals surface area contributed by atoms with Crippen LogP contribution in [0.2, 0.25) is 0 Å². The maximum Gasteiger partial charge on any atom is 0.306 e. The van der Waals surface area contributed by atoms with Gasteiger partial charge in [-0.2, -0.15) is 0 Å². The van der Waals surface area contributed by atoms with Crippen LogP contribution in [-0.4, -0.2) is 36.1 Å². The first-order valence-electron chi connectivity index (χ1n) is 4.37. The van der Waals surface area contributed by atoms with Crippen LogP contribution in [0.4, 0.5) is 0 Å². The summed E-state index contributed by atoms with van der Waals surface area (Å²) in [6.07, 6.45) is 0.643. The number of hydrogen-bond donors (Lipinski definition) is 1. The third-order valence-corrected chi connectivity index (χ3v) is 1.77. The summed E-state index contributed by atoms with van der Waals surface area (Å²) in [6.45, 7) is -0.939. The molecule has 1 aliphatic heterocycles. The SMILES string of the molecule is [2H]C1([2H])CC(C(=O)O)CCN1C. The number of piperidine rings is 1. The number of carbonyl (C=O) groups is 1. The third kappa shape index (κ3) is 1.70. The second-order valence-electron chi connectivity index (χ2n) is 2.61. The lowest BCUT2D eigenvalue weighted by molar-refractivity contribution is -0.143. The molecule has 1 N–H and O–H groups in total. The van der Waals surface area contributed by atoms with Crippen LogP contribution in [0.25, 0.3) is 0 Å². The average Bonchev–Trinajstić information content (AvgIpc) is 1.94. The van der Waals surface area contributed by atoms with Gasteiger partial charge in [0.25, 0.3) is 0 Å². The van der Waals surface area contributed by atoms with E-state index < -0.39 is 18.4 Å². The van der Waals surface area contributed by atoms with Gasteiger partial charge < -0.3 is 10.0 Å². The molecule has 0 radical (unpaired) electrons. The van der Waals surface area contributed by atoms with Gasteiger partial charge >= 0.3 is 5.97 Å². The van der Waals surface area contributed by atoms with Crippen LogP contribution in [0.5, 0.6) is 0 Å². The van der Waals surface area contributed by atoms with Gasteiger partial charge in [0, 0.05) is 2.74 Å². The summed E-state index contributed by atoms with van der Waals surface area (Å²) in [4.78, 5) is 12.1. The molecule has 1 saturated heterocycles. The summed E-state index contributed by atoms with van der Waals surface area (Å²) in [5.41, 5.74) is 0. The molecule has 0 aromatic heterocycles. The fraction of sp³-hybridized carbons (Fsp3) is 0.857. The summed E-state index contributed by atoms with van der Waals surface area (Å²) >= 11 is 0. The van der Waals surface area contributed by atoms with Gasteiger partial charge in [-0.1, -0.05) is 0 Å². The Balaban J connectivity index is 2.63. The van der Waals surface area contributed by atoms with Gasteiger partial charge in [0.2, 0.25) is 0 Å². The van der Waals surface area contributed by atoms with Gasteiger partial charge in [-0.25, -0.2) is 0 Å². The van der Waals surface area contributed by atoms with Crippen LogP contribution in [0.15, 0.2) is 0 Å². The molecule has 1 unspecified atom stereocenters. The van der Waals surface area contributed by atoms with E-state index in [-0.39, 0.29) is 6.42 Å². The highest BCUT2D eigenvalue weighted by atomic mass is 16.4. The molecule has 1 fully saturated rings. The van der Waals surface area contributed by atoms with Crippen molar-refractivity contribution in [2.75, 3.05) is 20.1 Å². The normalized spacial score (nSPS) is 36.3. The van der Waals surface area contributed by atoms with Crippen molar-refractivity contribution in [3.8, 4) is 0 Å². The van der Waals surface area contributed by atoms with Crippen molar-refractivity contribution in [2.24, 2.45) is 5.92 Å². The minimum Gasteiger partial charge on any atom is -0.481 e. The molecule has 0 aromatic rings. The molecule has 0 aliphatic carbocycles. The predicted molar refractivity (Wildman–Crippen MR) is 37.9 cm³/mol. The summed E-state index contributed by atoms with van der Waals surface area (Å²) in [7, 11) is 1.68. The van der Waals surface area contributed by atoms with Gasteiger partial charge in [-0.3, -0.25) is 4.79 Å². The van der Waals surface area contributed by atoms with Crippen molar-refractivity contribution in [2.45, 2.75) is 12.8 Å². The van der Waals surface area contributed by atoms with Gasteiger partial charge in [0.15, 0.2) is 0 Å². The maximum absolute atomic E-state index is 10.6. The van der Waals surface area contributed by atoms with Crippen LogP contribution >= 0.6 is 0 Å². The molecule has 0 amide bonds. The number of nitrogens with zero attached hydrogens (tertiary/aromatic N) is 1. The molecule has 10 heavy (non-hydrogen) atoms. The molecule has 0 saturated carbocycles. The Morgan fingerprint density at radius 3 is 3.00 bits per heavy atom. The average molecular weight is 145 g/mol. The smallest absolute Gasteiger partial charge is 0.306 e. The zero-order valence-electron chi connectivity index (χ0n) is 8.00. The molecule has 58 valence electrons. The zero-order chi connectivity index (χ0) is 9.35. The fourth-order valence-electron chi connectivity index (χ4n) is 1.01. The van der Waals surface area contributed by atoms with Gasteiger partial charge in [-0.05, 0) is 32.9 Å². The van der Waals surface area contributed by atoms with Gasteiger partial charge in [-0.15, -0.1) is 0 Å². The number of carboxylic acids is 1. The number of carboxylic acid groups (broad SMARTS) is 1. The lowest BCUT2D eigenvalue weighted by atomic mass is 9.98. The molecule has 0 aromatic carbocycles. The van der Waals surface area contributed by atoms with Gasteiger partial charge in [0.05, 0.1) is 5.92 Å². The molecular formula is C7H13NO2. The van der Waals surface area contributed by atoms with E-state index in [4.69, 9.17) is 7.85 Å². The van der Waals surface area contributed by atoms with Crippen molar-refractivity contribution in [1.29, 1.82) is 0 Å². The Morgan fingerprint density at radius 1 is 1.80 bits per heavy atom. The van der Waals surface area contributed by atoms with E-state index in [2.05, 4.69) is 0 Å². The van der Waals surface area contributed by atoms with Crippen LogP contribution in [0.3, 0.4) is 0 Å². The minimum absolute atomic E-state index is 0.0961. The number of rotatable bonds is 1. The van der Waals surface area contributed by atoms with Crippen molar-refractivity contribution in [3.05, 3.63) is 0 Å². The lowest BCUT2D eigenvalue weighted by Gasteiger charge is -2.25. The van der Waals surface area contributed by atoms with E-state index >= 15 is 0 Å². The topological polar surface area (TPSA) is 40.5 Å². The highest BCUT2D eigenvalue weighted by Crippen LogP contribution is 2.15. The van der Waals surface area contributed by atoms with E-state index in [1.165, 1.54) is 0 Å². The quantitative estimate of drug-likeness (QED) is 0.581. The fourth-order valence-corrected chi connectivity index (χ4v) is 1.01. The Kier molecular flexibility index (Phi) is 1.55. The number of hydrogen-bond acceptors (Lipinski definition) is 2. The van der Waals surface area contributed by atoms with E-state index in [0.29, 0.717) is 13.0 Å². The van der Waals surface area contributed by atoms with Crippen molar-refractivity contribution in [1.82, 2.24) is 4.90 Å².